The number of carbonyl (C=O) groups excluding carboxylic acids is 1. The van der Waals surface area contributed by atoms with Gasteiger partial charge in [-0.25, -0.2) is 14.8 Å². The smallest absolute Gasteiger partial charge is 0.410 e. The van der Waals surface area contributed by atoms with Crippen molar-refractivity contribution >= 4 is 27.6 Å². The Hall–Kier alpha value is -1.93. The van der Waals surface area contributed by atoms with Gasteiger partial charge >= 0.3 is 6.09 Å². The average molecular weight is 462 g/mol. The number of hydrogen-bond donors (Lipinski definition) is 1. The average Bonchev–Trinajstić information content (AvgIpc) is 3.26. The fourth-order valence-corrected chi connectivity index (χ4v) is 6.20. The predicted molar refractivity (Wildman–Crippen MR) is 125 cm³/mol. The highest BCUT2D eigenvalue weighted by molar-refractivity contribution is 7.19. The molecule has 32 heavy (non-hydrogen) atoms. The van der Waals surface area contributed by atoms with E-state index in [1.54, 1.807) is 22.6 Å². The maximum Gasteiger partial charge on any atom is 0.410 e. The van der Waals surface area contributed by atoms with Crippen LogP contribution in [0.3, 0.4) is 0 Å². The summed E-state index contributed by atoms with van der Waals surface area (Å²) < 4.78 is 11.9. The van der Waals surface area contributed by atoms with Crippen molar-refractivity contribution < 1.29 is 19.4 Å². The van der Waals surface area contributed by atoms with Gasteiger partial charge in [-0.1, -0.05) is 0 Å². The van der Waals surface area contributed by atoms with E-state index < -0.39 is 5.60 Å². The minimum absolute atomic E-state index is 0.0727. The molecule has 1 amide bonds. The first-order chi connectivity index (χ1) is 15.1. The van der Waals surface area contributed by atoms with Crippen molar-refractivity contribution in [1.29, 1.82) is 0 Å². The van der Waals surface area contributed by atoms with Crippen molar-refractivity contribution in [3.05, 3.63) is 16.8 Å². The number of aliphatic hydroxyl groups is 1. The Morgan fingerprint density at radius 1 is 1.25 bits per heavy atom. The first-order valence-electron chi connectivity index (χ1n) is 11.7. The quantitative estimate of drug-likeness (QED) is 0.671. The van der Waals surface area contributed by atoms with Crippen molar-refractivity contribution in [1.82, 2.24) is 14.9 Å². The van der Waals surface area contributed by atoms with Crippen LogP contribution < -0.4 is 4.74 Å². The van der Waals surface area contributed by atoms with Gasteiger partial charge in [0.15, 0.2) is 0 Å². The van der Waals surface area contributed by atoms with Gasteiger partial charge < -0.3 is 19.5 Å². The van der Waals surface area contributed by atoms with Crippen molar-refractivity contribution in [2.45, 2.75) is 102 Å². The summed E-state index contributed by atoms with van der Waals surface area (Å²) in [6, 6.07) is 0.163. The molecule has 4 rings (SSSR count). The summed E-state index contributed by atoms with van der Waals surface area (Å²) in [4.78, 5) is 25.5. The Kier molecular flexibility index (Phi) is 6.63. The molecule has 1 saturated carbocycles. The first-order valence-corrected chi connectivity index (χ1v) is 12.5. The molecule has 2 atom stereocenters. The summed E-state index contributed by atoms with van der Waals surface area (Å²) in [7, 11) is 1.82. The predicted octanol–water partition coefficient (Wildman–Crippen LogP) is 5.05. The van der Waals surface area contributed by atoms with Gasteiger partial charge in [-0.3, -0.25) is 0 Å². The van der Waals surface area contributed by atoms with Crippen molar-refractivity contribution in [3.63, 3.8) is 0 Å². The highest BCUT2D eigenvalue weighted by Gasteiger charge is 2.33. The van der Waals surface area contributed by atoms with E-state index in [4.69, 9.17) is 9.47 Å². The van der Waals surface area contributed by atoms with Crippen LogP contribution in [0.5, 0.6) is 5.88 Å². The molecule has 0 bridgehead atoms. The molecule has 2 aromatic heterocycles. The monoisotopic (exact) mass is 461 g/mol. The third-order valence-corrected chi connectivity index (χ3v) is 7.65. The van der Waals surface area contributed by atoms with Crippen LogP contribution >= 0.6 is 11.3 Å². The minimum atomic E-state index is -0.490. The van der Waals surface area contributed by atoms with Gasteiger partial charge in [-0.15, -0.1) is 11.3 Å². The van der Waals surface area contributed by atoms with Crippen LogP contribution in [-0.4, -0.2) is 57.0 Å². The number of amides is 1. The number of hydrogen-bond acceptors (Lipinski definition) is 7. The van der Waals surface area contributed by atoms with Gasteiger partial charge in [0.05, 0.1) is 11.5 Å². The normalized spacial score (nSPS) is 24.2. The zero-order valence-corrected chi connectivity index (χ0v) is 20.6. The van der Waals surface area contributed by atoms with Gasteiger partial charge in [-0.2, -0.15) is 0 Å². The molecule has 2 heterocycles. The SMILES string of the molecule is C[C@H](O)C[C@H]1CCc2sc3ncnc(O[C@H]4CC[C@H](N(C)C(=O)OC(C)(C)C)CC4)c3c21. The lowest BCUT2D eigenvalue weighted by Gasteiger charge is -2.35. The summed E-state index contributed by atoms with van der Waals surface area (Å²) in [5.74, 6) is 1.01. The number of fused-ring (bicyclic) bond motifs is 3. The molecule has 0 radical (unpaired) electrons. The Morgan fingerprint density at radius 3 is 2.62 bits per heavy atom. The Labute approximate surface area is 194 Å². The first kappa shape index (κ1) is 23.2. The van der Waals surface area contributed by atoms with Gasteiger partial charge in [0.25, 0.3) is 0 Å². The molecule has 2 aliphatic rings. The van der Waals surface area contributed by atoms with Crippen molar-refractivity contribution in [3.8, 4) is 5.88 Å². The number of carbonyl (C=O) groups is 1. The number of thiophene rings is 1. The molecule has 0 aromatic carbocycles. The molecule has 0 unspecified atom stereocenters. The number of rotatable bonds is 5. The van der Waals surface area contributed by atoms with Crippen LogP contribution in [0.25, 0.3) is 10.2 Å². The molecular formula is C24H35N3O4S. The molecule has 2 aromatic rings. The zero-order chi connectivity index (χ0) is 23.0. The van der Waals surface area contributed by atoms with E-state index >= 15 is 0 Å². The molecule has 0 spiro atoms. The molecule has 1 N–H and O–H groups in total. The second kappa shape index (κ2) is 9.14. The Morgan fingerprint density at radius 2 is 1.97 bits per heavy atom. The van der Waals surface area contributed by atoms with Crippen LogP contribution in [0.4, 0.5) is 4.79 Å². The molecule has 0 aliphatic heterocycles. The number of aliphatic hydroxyl groups excluding tert-OH is 1. The van der Waals surface area contributed by atoms with E-state index in [2.05, 4.69) is 9.97 Å². The fraction of sp³-hybridized carbons (Fsp3) is 0.708. The molecule has 2 aliphatic carbocycles. The maximum absolute atomic E-state index is 12.4. The van der Waals surface area contributed by atoms with Crippen molar-refractivity contribution in [2.75, 3.05) is 7.05 Å². The summed E-state index contributed by atoms with van der Waals surface area (Å²) in [6.45, 7) is 7.52. The highest BCUT2D eigenvalue weighted by Crippen LogP contribution is 2.47. The molecule has 7 nitrogen and oxygen atoms in total. The zero-order valence-electron chi connectivity index (χ0n) is 19.8. The molecule has 176 valence electrons. The number of aromatic nitrogens is 2. The molecule has 8 heteroatoms. The summed E-state index contributed by atoms with van der Waals surface area (Å²) >= 11 is 1.73. The van der Waals surface area contributed by atoms with E-state index in [0.29, 0.717) is 11.8 Å². The van der Waals surface area contributed by atoms with E-state index in [-0.39, 0.29) is 24.3 Å². The lowest BCUT2D eigenvalue weighted by molar-refractivity contribution is 0.0137. The summed E-state index contributed by atoms with van der Waals surface area (Å²) in [6.07, 6.45) is 7.42. The van der Waals surface area contributed by atoms with Crippen LogP contribution in [-0.2, 0) is 11.2 Å². The Bertz CT molecular complexity index is 960. The second-order valence-corrected chi connectivity index (χ2v) is 11.3. The van der Waals surface area contributed by atoms with Gasteiger partial charge in [-0.05, 0) is 84.1 Å². The van der Waals surface area contributed by atoms with Crippen LogP contribution in [0.2, 0.25) is 0 Å². The third kappa shape index (κ3) is 5.01. The third-order valence-electron chi connectivity index (χ3n) is 6.47. The lowest BCUT2D eigenvalue weighted by atomic mass is 9.92. The van der Waals surface area contributed by atoms with Gasteiger partial charge in [0.1, 0.15) is 22.9 Å². The molecule has 1 fully saturated rings. The summed E-state index contributed by atoms with van der Waals surface area (Å²) in [5, 5.41) is 11.0. The van der Waals surface area contributed by atoms with E-state index in [1.807, 2.05) is 34.7 Å². The number of ether oxygens (including phenoxy) is 2. The van der Waals surface area contributed by atoms with E-state index in [1.165, 1.54) is 10.4 Å². The lowest BCUT2D eigenvalue weighted by Crippen LogP contribution is -2.43. The van der Waals surface area contributed by atoms with Crippen LogP contribution in [0, 0.1) is 0 Å². The topological polar surface area (TPSA) is 84.8 Å². The van der Waals surface area contributed by atoms with Crippen LogP contribution in [0.15, 0.2) is 6.33 Å². The number of nitrogens with zero attached hydrogens (tertiary/aromatic N) is 3. The molecule has 0 saturated heterocycles. The Balaban J connectivity index is 1.44. The van der Waals surface area contributed by atoms with Crippen molar-refractivity contribution in [2.24, 2.45) is 0 Å². The minimum Gasteiger partial charge on any atom is -0.474 e. The fourth-order valence-electron chi connectivity index (χ4n) is 4.97. The van der Waals surface area contributed by atoms with Gasteiger partial charge in [0, 0.05) is 18.0 Å². The largest absolute Gasteiger partial charge is 0.474 e. The van der Waals surface area contributed by atoms with Crippen LogP contribution in [0.1, 0.15) is 82.6 Å². The standard InChI is InChI=1S/C24H35N3O4S/c1-14(28)12-15-6-11-18-19(15)20-21(25-13-26-22(20)32-18)30-17-9-7-16(8-10-17)27(5)23(29)31-24(2,3)4/h13-17,28H,6-12H2,1-5H3/t14-,15+,16-,17-/m0/s1. The van der Waals surface area contributed by atoms with E-state index in [0.717, 1.165) is 55.2 Å². The van der Waals surface area contributed by atoms with Gasteiger partial charge in [0.2, 0.25) is 5.88 Å². The second-order valence-electron chi connectivity index (χ2n) is 10.3. The number of aryl methyl sites for hydroxylation is 1. The highest BCUT2D eigenvalue weighted by atomic mass is 32.1. The van der Waals surface area contributed by atoms with E-state index in [9.17, 15) is 9.90 Å². The maximum atomic E-state index is 12.4. The molecular weight excluding hydrogens is 426 g/mol. The summed E-state index contributed by atoms with van der Waals surface area (Å²) in [5.41, 5.74) is 0.802.